The van der Waals surface area contributed by atoms with Gasteiger partial charge in [0, 0.05) is 31.2 Å². The van der Waals surface area contributed by atoms with Gasteiger partial charge in [-0.25, -0.2) is 0 Å². The normalized spacial score (nSPS) is 10.2. The number of aryl methyl sites for hydroxylation is 1. The van der Waals surface area contributed by atoms with Gasteiger partial charge in [0.25, 0.3) is 0 Å². The summed E-state index contributed by atoms with van der Waals surface area (Å²) in [5, 5.41) is 0. The topological polar surface area (TPSA) is 34.1 Å². The maximum atomic E-state index is 12.4. The number of Topliss-reactive ketones (excluding diaryl/α,β-unsaturated/α-hetero) is 2. The van der Waals surface area contributed by atoms with Crippen molar-refractivity contribution < 1.29 is 9.59 Å². The summed E-state index contributed by atoms with van der Waals surface area (Å²) >= 11 is 0. The highest BCUT2D eigenvalue weighted by atomic mass is 16.1. The third kappa shape index (κ3) is 7.53. The molecule has 0 atom stereocenters. The summed E-state index contributed by atoms with van der Waals surface area (Å²) in [4.78, 5) is 24.0. The summed E-state index contributed by atoms with van der Waals surface area (Å²) in [5.41, 5.74) is 4.32. The standard InChI is InChI=1S/C26H30O2/c1-3-4-7-10-25(27)11-8-5-6-9-12-26(28)24-19-17-23(18-20-24)22-15-13-21(2)14-16-22/h13-20H,5-12H2,1-2H3. The van der Waals surface area contributed by atoms with E-state index in [0.29, 0.717) is 31.5 Å². The van der Waals surface area contributed by atoms with E-state index >= 15 is 0 Å². The third-order valence-corrected chi connectivity index (χ3v) is 4.91. The van der Waals surface area contributed by atoms with Crippen LogP contribution in [0.25, 0.3) is 11.1 Å². The zero-order chi connectivity index (χ0) is 20.2. The van der Waals surface area contributed by atoms with Gasteiger partial charge in [0.1, 0.15) is 5.78 Å². The molecule has 2 aromatic rings. The number of hydrogen-bond donors (Lipinski definition) is 0. The van der Waals surface area contributed by atoms with Crippen LogP contribution in [0.2, 0.25) is 0 Å². The molecule has 2 aromatic carbocycles. The Labute approximate surface area is 169 Å². The quantitative estimate of drug-likeness (QED) is 0.254. The lowest BCUT2D eigenvalue weighted by molar-refractivity contribution is -0.119. The minimum Gasteiger partial charge on any atom is -0.300 e. The molecule has 0 unspecified atom stereocenters. The fourth-order valence-electron chi connectivity index (χ4n) is 3.15. The number of carbonyl (C=O) groups is 2. The van der Waals surface area contributed by atoms with Gasteiger partial charge in [-0.15, -0.1) is 11.8 Å². The van der Waals surface area contributed by atoms with Crippen molar-refractivity contribution in [1.29, 1.82) is 0 Å². The lowest BCUT2D eigenvalue weighted by atomic mass is 9.99. The van der Waals surface area contributed by atoms with E-state index < -0.39 is 0 Å². The second-order valence-corrected chi connectivity index (χ2v) is 7.25. The van der Waals surface area contributed by atoms with Crippen LogP contribution in [0.5, 0.6) is 0 Å². The van der Waals surface area contributed by atoms with Gasteiger partial charge in [-0.1, -0.05) is 66.9 Å². The minimum absolute atomic E-state index is 0.199. The Morgan fingerprint density at radius 1 is 0.750 bits per heavy atom. The Morgan fingerprint density at radius 3 is 1.93 bits per heavy atom. The summed E-state index contributed by atoms with van der Waals surface area (Å²) in [6.07, 6.45) is 6.25. The van der Waals surface area contributed by atoms with Crippen molar-refractivity contribution in [1.82, 2.24) is 0 Å². The van der Waals surface area contributed by atoms with Crippen molar-refractivity contribution in [3.8, 4) is 23.0 Å². The molecule has 0 spiro atoms. The number of hydrogen-bond acceptors (Lipinski definition) is 2. The molecule has 0 N–H and O–H groups in total. The lowest BCUT2D eigenvalue weighted by Gasteiger charge is -2.05. The maximum absolute atomic E-state index is 12.4. The van der Waals surface area contributed by atoms with Crippen LogP contribution in [0, 0.1) is 18.8 Å². The number of rotatable bonds is 11. The van der Waals surface area contributed by atoms with Gasteiger partial charge in [-0.3, -0.25) is 9.59 Å². The highest BCUT2D eigenvalue weighted by molar-refractivity contribution is 5.96. The van der Waals surface area contributed by atoms with Gasteiger partial charge >= 0.3 is 0 Å². The molecule has 2 rings (SSSR count). The highest BCUT2D eigenvalue weighted by Gasteiger charge is 2.07. The molecule has 0 aliphatic heterocycles. The van der Waals surface area contributed by atoms with Gasteiger partial charge in [0.05, 0.1) is 0 Å². The van der Waals surface area contributed by atoms with Crippen molar-refractivity contribution in [2.24, 2.45) is 0 Å². The summed E-state index contributed by atoms with van der Waals surface area (Å²) in [6, 6.07) is 16.3. The number of unbranched alkanes of at least 4 members (excludes halogenated alkanes) is 3. The summed E-state index contributed by atoms with van der Waals surface area (Å²) < 4.78 is 0. The molecule has 0 heterocycles. The maximum Gasteiger partial charge on any atom is 0.162 e. The second kappa shape index (κ2) is 11.9. The van der Waals surface area contributed by atoms with Gasteiger partial charge in [0.2, 0.25) is 0 Å². The smallest absolute Gasteiger partial charge is 0.162 e. The Bertz CT molecular complexity index is 817. The fourth-order valence-corrected chi connectivity index (χ4v) is 3.15. The molecule has 0 aromatic heterocycles. The number of benzene rings is 2. The monoisotopic (exact) mass is 374 g/mol. The van der Waals surface area contributed by atoms with Crippen molar-refractivity contribution >= 4 is 11.6 Å². The van der Waals surface area contributed by atoms with Gasteiger partial charge < -0.3 is 0 Å². The van der Waals surface area contributed by atoms with E-state index in [1.54, 1.807) is 6.92 Å². The largest absolute Gasteiger partial charge is 0.300 e. The Balaban J connectivity index is 1.67. The van der Waals surface area contributed by atoms with E-state index in [1.165, 1.54) is 11.1 Å². The average Bonchev–Trinajstić information content (AvgIpc) is 2.71. The Morgan fingerprint density at radius 2 is 1.32 bits per heavy atom. The van der Waals surface area contributed by atoms with E-state index in [1.807, 2.05) is 24.3 Å². The molecule has 146 valence electrons. The molecule has 2 heteroatoms. The highest BCUT2D eigenvalue weighted by Crippen LogP contribution is 2.21. The van der Waals surface area contributed by atoms with Gasteiger partial charge in [0.15, 0.2) is 5.78 Å². The van der Waals surface area contributed by atoms with Crippen LogP contribution in [0.1, 0.15) is 74.2 Å². The molecule has 2 nitrogen and oxygen atoms in total. The number of ketones is 2. The summed E-state index contributed by atoms with van der Waals surface area (Å²) in [7, 11) is 0. The van der Waals surface area contributed by atoms with E-state index in [0.717, 1.165) is 36.8 Å². The van der Waals surface area contributed by atoms with Crippen LogP contribution in [-0.4, -0.2) is 11.6 Å². The van der Waals surface area contributed by atoms with E-state index in [9.17, 15) is 9.59 Å². The van der Waals surface area contributed by atoms with Gasteiger partial charge in [-0.2, -0.15) is 0 Å². The Kier molecular flexibility index (Phi) is 9.22. The van der Waals surface area contributed by atoms with Crippen LogP contribution in [0.4, 0.5) is 0 Å². The average molecular weight is 375 g/mol. The fraction of sp³-hybridized carbons (Fsp3) is 0.385. The van der Waals surface area contributed by atoms with Crippen LogP contribution in [0.15, 0.2) is 48.5 Å². The van der Waals surface area contributed by atoms with E-state index in [-0.39, 0.29) is 5.78 Å². The van der Waals surface area contributed by atoms with Crippen LogP contribution in [0.3, 0.4) is 0 Å². The molecule has 28 heavy (non-hydrogen) atoms. The molecule has 0 aliphatic rings. The minimum atomic E-state index is 0.199. The SMILES string of the molecule is CC#CCCC(=O)CCCCCCC(=O)c1ccc(-c2ccc(C)cc2)cc1. The lowest BCUT2D eigenvalue weighted by Crippen LogP contribution is -1.99. The molecule has 0 amide bonds. The predicted octanol–water partition coefficient (Wildman–Crippen LogP) is 6.56. The molecule has 0 aliphatic carbocycles. The first-order valence-electron chi connectivity index (χ1n) is 10.2. The van der Waals surface area contributed by atoms with Crippen molar-refractivity contribution in [3.63, 3.8) is 0 Å². The summed E-state index contributed by atoms with van der Waals surface area (Å²) in [5.74, 6) is 6.23. The first-order valence-corrected chi connectivity index (χ1v) is 10.2. The molecule has 0 radical (unpaired) electrons. The molecule has 0 fully saturated rings. The van der Waals surface area contributed by atoms with Crippen molar-refractivity contribution in [2.45, 2.75) is 65.2 Å². The molecular formula is C26H30O2. The van der Waals surface area contributed by atoms with Gasteiger partial charge in [-0.05, 0) is 37.8 Å². The number of carbonyl (C=O) groups excluding carboxylic acids is 2. The van der Waals surface area contributed by atoms with Crippen LogP contribution >= 0.6 is 0 Å². The predicted molar refractivity (Wildman–Crippen MR) is 116 cm³/mol. The van der Waals surface area contributed by atoms with E-state index in [2.05, 4.69) is 43.0 Å². The summed E-state index contributed by atoms with van der Waals surface area (Å²) in [6.45, 7) is 3.87. The van der Waals surface area contributed by atoms with Crippen molar-refractivity contribution in [2.75, 3.05) is 0 Å². The van der Waals surface area contributed by atoms with Crippen molar-refractivity contribution in [3.05, 3.63) is 59.7 Å². The zero-order valence-electron chi connectivity index (χ0n) is 17.1. The molecular weight excluding hydrogens is 344 g/mol. The molecule has 0 saturated carbocycles. The molecule has 0 saturated heterocycles. The zero-order valence-corrected chi connectivity index (χ0v) is 17.1. The third-order valence-electron chi connectivity index (χ3n) is 4.91. The first-order chi connectivity index (χ1) is 13.6. The second-order valence-electron chi connectivity index (χ2n) is 7.25. The van der Waals surface area contributed by atoms with Crippen LogP contribution in [-0.2, 0) is 4.79 Å². The first kappa shape index (κ1) is 21.6. The Hall–Kier alpha value is -2.66. The van der Waals surface area contributed by atoms with E-state index in [4.69, 9.17) is 0 Å². The van der Waals surface area contributed by atoms with Crippen LogP contribution < -0.4 is 0 Å². The molecule has 0 bridgehead atoms.